The van der Waals surface area contributed by atoms with Crippen molar-refractivity contribution in [2.75, 3.05) is 13.7 Å². The van der Waals surface area contributed by atoms with Gasteiger partial charge in [0.25, 0.3) is 5.56 Å². The molecule has 9 heteroatoms. The van der Waals surface area contributed by atoms with Crippen molar-refractivity contribution in [3.8, 4) is 22.8 Å². The van der Waals surface area contributed by atoms with Crippen LogP contribution < -0.4 is 19.6 Å². The Kier molecular flexibility index (Phi) is 7.39. The van der Waals surface area contributed by atoms with E-state index in [1.807, 2.05) is 54.6 Å². The molecule has 0 aliphatic heterocycles. The summed E-state index contributed by atoms with van der Waals surface area (Å²) < 4.78 is 18.9. The minimum Gasteiger partial charge on any atom is -0.493 e. The Morgan fingerprint density at radius 1 is 1.11 bits per heavy atom. The van der Waals surface area contributed by atoms with Gasteiger partial charge in [-0.3, -0.25) is 4.79 Å². The van der Waals surface area contributed by atoms with Crippen molar-refractivity contribution in [1.29, 1.82) is 0 Å². The number of hydrogen-bond acceptors (Lipinski definition) is 7. The van der Waals surface area contributed by atoms with Crippen LogP contribution in [0.2, 0.25) is 5.02 Å². The smallest absolute Gasteiger partial charge is 0.291 e. The summed E-state index contributed by atoms with van der Waals surface area (Å²) in [7, 11) is 1.62. The van der Waals surface area contributed by atoms with Gasteiger partial charge < -0.3 is 13.9 Å². The third-order valence-corrected chi connectivity index (χ3v) is 6.77. The van der Waals surface area contributed by atoms with E-state index >= 15 is 0 Å². The Bertz CT molecular complexity index is 1690. The van der Waals surface area contributed by atoms with Crippen molar-refractivity contribution >= 4 is 46.1 Å². The van der Waals surface area contributed by atoms with Gasteiger partial charge in [0.1, 0.15) is 16.1 Å². The number of furan rings is 1. The van der Waals surface area contributed by atoms with Gasteiger partial charge in [-0.25, -0.2) is 0 Å². The topological polar surface area (TPSA) is 78.9 Å². The molecule has 0 N–H and O–H groups in total. The molecular weight excluding hydrogens is 510 g/mol. The summed E-state index contributed by atoms with van der Waals surface area (Å²) in [6.45, 7) is 2.77. The number of ether oxygens (including phenoxy) is 2. The number of benzene rings is 2. The molecule has 0 aliphatic carbocycles. The molecule has 5 rings (SSSR count). The van der Waals surface area contributed by atoms with Gasteiger partial charge in [-0.1, -0.05) is 60.6 Å². The van der Waals surface area contributed by atoms with Gasteiger partial charge in [0.15, 0.2) is 17.3 Å². The molecule has 5 aromatic rings. The summed E-state index contributed by atoms with van der Waals surface area (Å²) in [5.41, 5.74) is 1.52. The molecule has 188 valence electrons. The number of unbranched alkanes of at least 4 members (excludes halogenated alkanes) is 1. The average molecular weight is 534 g/mol. The standard InChI is InChI=1S/C28H24ClN3O4S/c1-3-4-14-35-23-11-8-18(15-24(23)34-2)9-13-26-30-28-32(31-26)27(33)25(37-28)17-21-10-12-22(36-21)19-6-5-7-20(29)16-19/h5-13,15-17H,3-4,14H2,1-2H3/b13-9+,25-17-. The minimum absolute atomic E-state index is 0.247. The molecule has 7 nitrogen and oxygen atoms in total. The summed E-state index contributed by atoms with van der Waals surface area (Å²) in [6, 6.07) is 16.8. The lowest BCUT2D eigenvalue weighted by Crippen LogP contribution is -2.23. The van der Waals surface area contributed by atoms with Crippen LogP contribution in [0.5, 0.6) is 11.5 Å². The zero-order valence-corrected chi connectivity index (χ0v) is 21.9. The van der Waals surface area contributed by atoms with E-state index in [1.54, 1.807) is 25.3 Å². The number of halogens is 1. The molecule has 0 saturated carbocycles. The third kappa shape index (κ3) is 5.60. The maximum absolute atomic E-state index is 12.9. The highest BCUT2D eigenvalue weighted by Gasteiger charge is 2.11. The molecule has 0 radical (unpaired) electrons. The van der Waals surface area contributed by atoms with E-state index in [9.17, 15) is 4.79 Å². The first-order valence-corrected chi connectivity index (χ1v) is 13.0. The van der Waals surface area contributed by atoms with Crippen LogP contribution >= 0.6 is 22.9 Å². The first-order chi connectivity index (χ1) is 18.0. The molecule has 3 heterocycles. The molecule has 0 atom stereocenters. The Balaban J connectivity index is 1.35. The van der Waals surface area contributed by atoms with E-state index < -0.39 is 0 Å². The monoisotopic (exact) mass is 533 g/mol. The second-order valence-corrected chi connectivity index (χ2v) is 9.68. The van der Waals surface area contributed by atoms with Crippen LogP contribution in [0.15, 0.2) is 63.8 Å². The number of hydrogen-bond donors (Lipinski definition) is 0. The van der Waals surface area contributed by atoms with Crippen molar-refractivity contribution in [3.05, 3.63) is 91.7 Å². The highest BCUT2D eigenvalue weighted by atomic mass is 35.5. The number of rotatable bonds is 9. The summed E-state index contributed by atoms with van der Waals surface area (Å²) in [5.74, 6) is 3.05. The van der Waals surface area contributed by atoms with Crippen LogP contribution in [-0.2, 0) is 0 Å². The van der Waals surface area contributed by atoms with E-state index in [0.29, 0.717) is 50.0 Å². The molecule has 3 aromatic heterocycles. The molecule has 2 aromatic carbocycles. The molecule has 0 unspecified atom stereocenters. The average Bonchev–Trinajstić information content (AvgIpc) is 3.60. The third-order valence-electron chi connectivity index (χ3n) is 5.58. The van der Waals surface area contributed by atoms with Gasteiger partial charge in [-0.15, -0.1) is 5.10 Å². The SMILES string of the molecule is CCCCOc1ccc(/C=C/c2nc3s/c(=C\c4ccc(-c5cccc(Cl)c5)o4)c(=O)n3n2)cc1OC. The first-order valence-electron chi connectivity index (χ1n) is 11.8. The lowest BCUT2D eigenvalue weighted by Gasteiger charge is -2.10. The Labute approximate surface area is 222 Å². The molecule has 0 spiro atoms. The van der Waals surface area contributed by atoms with E-state index in [2.05, 4.69) is 17.0 Å². The van der Waals surface area contributed by atoms with Crippen molar-refractivity contribution in [3.63, 3.8) is 0 Å². The Morgan fingerprint density at radius 3 is 2.78 bits per heavy atom. The van der Waals surface area contributed by atoms with Crippen LogP contribution in [0.25, 0.3) is 34.5 Å². The van der Waals surface area contributed by atoms with Gasteiger partial charge in [-0.2, -0.15) is 9.50 Å². The predicted octanol–water partition coefficient (Wildman–Crippen LogP) is 5.97. The zero-order chi connectivity index (χ0) is 25.8. The fourth-order valence-electron chi connectivity index (χ4n) is 3.68. The van der Waals surface area contributed by atoms with Crippen molar-refractivity contribution in [2.45, 2.75) is 19.8 Å². The summed E-state index contributed by atoms with van der Waals surface area (Å²) in [6.07, 6.45) is 7.38. The number of aromatic nitrogens is 3. The Hall–Kier alpha value is -3.88. The summed E-state index contributed by atoms with van der Waals surface area (Å²) in [5, 5.41) is 4.99. The van der Waals surface area contributed by atoms with Crippen LogP contribution in [0.3, 0.4) is 0 Å². The van der Waals surface area contributed by atoms with Crippen LogP contribution in [-0.4, -0.2) is 28.3 Å². The van der Waals surface area contributed by atoms with Crippen molar-refractivity contribution in [2.24, 2.45) is 0 Å². The Morgan fingerprint density at radius 2 is 2.00 bits per heavy atom. The zero-order valence-electron chi connectivity index (χ0n) is 20.3. The van der Waals surface area contributed by atoms with Gasteiger partial charge in [0, 0.05) is 16.7 Å². The fourth-order valence-corrected chi connectivity index (χ4v) is 4.77. The predicted molar refractivity (Wildman–Crippen MR) is 147 cm³/mol. The van der Waals surface area contributed by atoms with E-state index in [0.717, 1.165) is 24.0 Å². The van der Waals surface area contributed by atoms with E-state index in [4.69, 9.17) is 25.5 Å². The van der Waals surface area contributed by atoms with Gasteiger partial charge in [0.2, 0.25) is 4.96 Å². The van der Waals surface area contributed by atoms with Crippen LogP contribution in [0.1, 0.15) is 36.9 Å². The maximum atomic E-state index is 12.9. The molecule has 0 aliphatic rings. The number of methoxy groups -OCH3 is 1. The maximum Gasteiger partial charge on any atom is 0.291 e. The second-order valence-electron chi connectivity index (χ2n) is 8.24. The number of fused-ring (bicyclic) bond motifs is 1. The van der Waals surface area contributed by atoms with Crippen molar-refractivity contribution in [1.82, 2.24) is 14.6 Å². The normalized spacial score (nSPS) is 12.1. The molecule has 0 amide bonds. The van der Waals surface area contributed by atoms with Gasteiger partial charge in [-0.05, 0) is 54.5 Å². The summed E-state index contributed by atoms with van der Waals surface area (Å²) >= 11 is 7.33. The fraction of sp³-hybridized carbons (Fsp3) is 0.179. The van der Waals surface area contributed by atoms with Gasteiger partial charge in [0.05, 0.1) is 13.7 Å². The minimum atomic E-state index is -0.247. The molecular formula is C28H24ClN3O4S. The largest absolute Gasteiger partial charge is 0.493 e. The molecule has 0 fully saturated rings. The van der Waals surface area contributed by atoms with Gasteiger partial charge >= 0.3 is 0 Å². The van der Waals surface area contributed by atoms with Crippen LogP contribution in [0.4, 0.5) is 0 Å². The summed E-state index contributed by atoms with van der Waals surface area (Å²) in [4.78, 5) is 17.9. The highest BCUT2D eigenvalue weighted by Crippen LogP contribution is 2.29. The van der Waals surface area contributed by atoms with Crippen molar-refractivity contribution < 1.29 is 13.9 Å². The molecule has 0 bridgehead atoms. The number of thiazole rings is 1. The lowest BCUT2D eigenvalue weighted by atomic mass is 10.2. The second kappa shape index (κ2) is 11.0. The number of nitrogens with zero attached hydrogens (tertiary/aromatic N) is 3. The molecule has 37 heavy (non-hydrogen) atoms. The highest BCUT2D eigenvalue weighted by molar-refractivity contribution is 7.15. The van der Waals surface area contributed by atoms with E-state index in [-0.39, 0.29) is 5.56 Å². The molecule has 0 saturated heterocycles. The first kappa shape index (κ1) is 24.8. The van der Waals surface area contributed by atoms with Crippen LogP contribution in [0, 0.1) is 0 Å². The van der Waals surface area contributed by atoms with E-state index in [1.165, 1.54) is 15.9 Å². The quantitative estimate of drug-likeness (QED) is 0.217. The lowest BCUT2D eigenvalue weighted by molar-refractivity contribution is 0.288.